The van der Waals surface area contributed by atoms with Crippen LogP contribution >= 0.6 is 0 Å². The van der Waals surface area contributed by atoms with Crippen LogP contribution in [0.5, 0.6) is 0 Å². The Morgan fingerprint density at radius 2 is 1.77 bits per heavy atom. The van der Waals surface area contributed by atoms with Crippen LogP contribution in [0.4, 0.5) is 0 Å². The van der Waals surface area contributed by atoms with Gasteiger partial charge in [-0.25, -0.2) is 0 Å². The summed E-state index contributed by atoms with van der Waals surface area (Å²) in [6, 6.07) is 0. The maximum absolute atomic E-state index is 8.64. The lowest BCUT2D eigenvalue weighted by Gasteiger charge is -2.28. The van der Waals surface area contributed by atoms with Gasteiger partial charge < -0.3 is 10.0 Å². The molecule has 1 fully saturated rings. The molecule has 1 N–H and O–H groups in total. The van der Waals surface area contributed by atoms with Crippen LogP contribution in [-0.4, -0.2) is 36.8 Å². The number of nitrogens with zero attached hydrogens (tertiary/aromatic N) is 1. The summed E-state index contributed by atoms with van der Waals surface area (Å²) >= 11 is 0. The van der Waals surface area contributed by atoms with E-state index >= 15 is 0 Å². The van der Waals surface area contributed by atoms with E-state index in [2.05, 4.69) is 11.9 Å². The van der Waals surface area contributed by atoms with Crippen molar-refractivity contribution in [1.82, 2.24) is 4.90 Å². The Labute approximate surface area is 82.9 Å². The van der Waals surface area contributed by atoms with Crippen LogP contribution < -0.4 is 0 Å². The number of rotatable bonds is 3. The van der Waals surface area contributed by atoms with Crippen molar-refractivity contribution in [3.05, 3.63) is 0 Å². The van der Waals surface area contributed by atoms with Gasteiger partial charge in [-0.15, -0.1) is 0 Å². The van der Waals surface area contributed by atoms with E-state index < -0.39 is 0 Å². The van der Waals surface area contributed by atoms with Crippen molar-refractivity contribution in [3.63, 3.8) is 0 Å². The molecule has 0 radical (unpaired) electrons. The lowest BCUT2D eigenvalue weighted by molar-refractivity contribution is 0.197. The predicted octanol–water partition coefficient (Wildman–Crippen LogP) is 2.13. The Hall–Kier alpha value is -0.0800. The van der Waals surface area contributed by atoms with E-state index in [0.29, 0.717) is 6.61 Å². The summed E-state index contributed by atoms with van der Waals surface area (Å²) in [7, 11) is 2.18. The monoisotopic (exact) mass is 187 g/mol. The zero-order chi connectivity index (χ0) is 10.1. The van der Waals surface area contributed by atoms with E-state index in [0.717, 1.165) is 12.3 Å². The van der Waals surface area contributed by atoms with E-state index in [1.165, 1.54) is 32.4 Å². The lowest BCUT2D eigenvalue weighted by atomic mass is 9.93. The Morgan fingerprint density at radius 1 is 1.23 bits per heavy atom. The number of hydrogen-bond donors (Lipinski definition) is 1. The second-order valence-corrected chi connectivity index (χ2v) is 3.61. The van der Waals surface area contributed by atoms with Crippen LogP contribution in [0, 0.1) is 5.92 Å². The van der Waals surface area contributed by atoms with Gasteiger partial charge in [-0.05, 0) is 51.7 Å². The van der Waals surface area contributed by atoms with Crippen molar-refractivity contribution in [1.29, 1.82) is 0 Å². The first-order valence-corrected chi connectivity index (χ1v) is 5.62. The van der Waals surface area contributed by atoms with E-state index in [1.54, 1.807) is 0 Å². The molecule has 0 saturated carbocycles. The molecule has 0 atom stereocenters. The molecule has 1 saturated heterocycles. The molecular formula is C11H25NO. The van der Waals surface area contributed by atoms with E-state index in [9.17, 15) is 0 Å². The second-order valence-electron chi connectivity index (χ2n) is 3.61. The van der Waals surface area contributed by atoms with Gasteiger partial charge in [0.2, 0.25) is 0 Å². The first-order chi connectivity index (χ1) is 6.33. The highest BCUT2D eigenvalue weighted by Crippen LogP contribution is 2.20. The number of likely N-dealkylation sites (tertiary alicyclic amines) is 1. The van der Waals surface area contributed by atoms with Crippen LogP contribution in [-0.2, 0) is 0 Å². The van der Waals surface area contributed by atoms with Gasteiger partial charge in [0.05, 0.1) is 0 Å². The highest BCUT2D eigenvalue weighted by molar-refractivity contribution is 4.69. The molecule has 0 spiro atoms. The van der Waals surface area contributed by atoms with E-state index in [4.69, 9.17) is 5.11 Å². The number of piperidine rings is 1. The van der Waals surface area contributed by atoms with Gasteiger partial charge in [-0.3, -0.25) is 0 Å². The molecule has 0 bridgehead atoms. The largest absolute Gasteiger partial charge is 0.396 e. The summed E-state index contributed by atoms with van der Waals surface area (Å²) in [5, 5.41) is 8.64. The second kappa shape index (κ2) is 8.52. The fourth-order valence-electron chi connectivity index (χ4n) is 1.73. The molecule has 2 heteroatoms. The van der Waals surface area contributed by atoms with Gasteiger partial charge in [0, 0.05) is 6.61 Å². The number of hydrogen-bond acceptors (Lipinski definition) is 2. The lowest BCUT2D eigenvalue weighted by Crippen LogP contribution is -2.30. The average Bonchev–Trinajstić information content (AvgIpc) is 2.20. The molecule has 0 unspecified atom stereocenters. The predicted molar refractivity (Wildman–Crippen MR) is 57.9 cm³/mol. The summed E-state index contributed by atoms with van der Waals surface area (Å²) in [4.78, 5) is 2.38. The molecule has 0 aliphatic carbocycles. The first kappa shape index (κ1) is 12.9. The van der Waals surface area contributed by atoms with Crippen LogP contribution in [0.2, 0.25) is 0 Å². The molecule has 1 aliphatic rings. The molecule has 1 rings (SSSR count). The minimum atomic E-state index is 0.367. The number of aliphatic hydroxyl groups is 1. The molecule has 0 aromatic heterocycles. The Balaban J connectivity index is 0.000000671. The smallest absolute Gasteiger partial charge is 0.0431 e. The van der Waals surface area contributed by atoms with Crippen molar-refractivity contribution in [2.24, 2.45) is 5.92 Å². The summed E-state index contributed by atoms with van der Waals surface area (Å²) in [5.41, 5.74) is 0. The summed E-state index contributed by atoms with van der Waals surface area (Å²) in [6.45, 7) is 6.86. The Bertz CT molecular complexity index is 95.5. The molecule has 1 heterocycles. The maximum atomic E-state index is 8.64. The third kappa shape index (κ3) is 6.05. The van der Waals surface area contributed by atoms with Gasteiger partial charge in [-0.2, -0.15) is 0 Å². The van der Waals surface area contributed by atoms with Crippen LogP contribution in [0.1, 0.15) is 39.5 Å². The molecule has 2 nitrogen and oxygen atoms in total. The quantitative estimate of drug-likeness (QED) is 0.731. The van der Waals surface area contributed by atoms with Gasteiger partial charge in [0.25, 0.3) is 0 Å². The summed E-state index contributed by atoms with van der Waals surface area (Å²) in [6.07, 6.45) is 4.88. The minimum absolute atomic E-state index is 0.367. The third-order valence-corrected chi connectivity index (χ3v) is 2.61. The standard InChI is InChI=1S/C9H19NO.C2H6/c1-10-6-4-9(5-7-10)3-2-8-11;1-2/h9,11H,2-8H2,1H3;1-2H3. The Morgan fingerprint density at radius 3 is 2.23 bits per heavy atom. The Kier molecular flexibility index (Phi) is 8.46. The SMILES string of the molecule is CC.CN1CCC(CCCO)CC1. The molecule has 0 aromatic rings. The summed E-state index contributed by atoms with van der Waals surface area (Å²) in [5.74, 6) is 0.887. The molecule has 80 valence electrons. The van der Waals surface area contributed by atoms with Gasteiger partial charge in [0.15, 0.2) is 0 Å². The third-order valence-electron chi connectivity index (χ3n) is 2.61. The highest BCUT2D eigenvalue weighted by atomic mass is 16.2. The van der Waals surface area contributed by atoms with E-state index in [1.807, 2.05) is 13.8 Å². The van der Waals surface area contributed by atoms with Crippen LogP contribution in [0.3, 0.4) is 0 Å². The molecule has 0 amide bonds. The van der Waals surface area contributed by atoms with Gasteiger partial charge in [-0.1, -0.05) is 13.8 Å². The fourth-order valence-corrected chi connectivity index (χ4v) is 1.73. The molecule has 0 aromatic carbocycles. The topological polar surface area (TPSA) is 23.5 Å². The van der Waals surface area contributed by atoms with Crippen molar-refractivity contribution >= 4 is 0 Å². The van der Waals surface area contributed by atoms with Crippen molar-refractivity contribution < 1.29 is 5.11 Å². The van der Waals surface area contributed by atoms with Crippen molar-refractivity contribution in [3.8, 4) is 0 Å². The van der Waals surface area contributed by atoms with Crippen LogP contribution in [0.25, 0.3) is 0 Å². The molecule has 1 aliphatic heterocycles. The summed E-state index contributed by atoms with van der Waals surface area (Å²) < 4.78 is 0. The average molecular weight is 187 g/mol. The van der Waals surface area contributed by atoms with Gasteiger partial charge in [0.1, 0.15) is 0 Å². The number of aliphatic hydroxyl groups excluding tert-OH is 1. The molecular weight excluding hydrogens is 162 g/mol. The first-order valence-electron chi connectivity index (χ1n) is 5.62. The maximum Gasteiger partial charge on any atom is 0.0431 e. The zero-order valence-corrected chi connectivity index (χ0v) is 9.42. The van der Waals surface area contributed by atoms with Crippen molar-refractivity contribution in [2.75, 3.05) is 26.7 Å². The van der Waals surface area contributed by atoms with E-state index in [-0.39, 0.29) is 0 Å². The molecule has 13 heavy (non-hydrogen) atoms. The van der Waals surface area contributed by atoms with Gasteiger partial charge >= 0.3 is 0 Å². The fraction of sp³-hybridized carbons (Fsp3) is 1.00. The van der Waals surface area contributed by atoms with Crippen molar-refractivity contribution in [2.45, 2.75) is 39.5 Å². The minimum Gasteiger partial charge on any atom is -0.396 e. The highest BCUT2D eigenvalue weighted by Gasteiger charge is 2.15. The normalized spacial score (nSPS) is 19.4. The van der Waals surface area contributed by atoms with Crippen LogP contribution in [0.15, 0.2) is 0 Å². The zero-order valence-electron chi connectivity index (χ0n) is 9.42.